The molecule has 2 nitrogen and oxygen atoms in total. The van der Waals surface area contributed by atoms with Crippen molar-refractivity contribution in [3.05, 3.63) is 16.1 Å². The predicted molar refractivity (Wildman–Crippen MR) is 46.9 cm³/mol. The minimum absolute atomic E-state index is 0.811. The molecule has 0 aliphatic heterocycles. The van der Waals surface area contributed by atoms with Gasteiger partial charge in [0.25, 0.3) is 0 Å². The van der Waals surface area contributed by atoms with Gasteiger partial charge in [-0.1, -0.05) is 0 Å². The quantitative estimate of drug-likeness (QED) is 0.743. The van der Waals surface area contributed by atoms with Gasteiger partial charge in [0.1, 0.15) is 0 Å². The third kappa shape index (κ3) is 1.60. The molecule has 1 aliphatic carbocycles. The van der Waals surface area contributed by atoms with Crippen LogP contribution >= 0.6 is 11.3 Å². The zero-order chi connectivity index (χ0) is 7.68. The standard InChI is InChI=1S/C8H12N2S/c1-9-4-7-5-10-8(11-7)6-2-3-6/h5-6,9H,2-4H2,1H3. The normalized spacial score (nSPS) is 17.2. The zero-order valence-corrected chi connectivity index (χ0v) is 7.45. The molecule has 1 fully saturated rings. The average molecular weight is 168 g/mol. The summed E-state index contributed by atoms with van der Waals surface area (Å²) in [6.07, 6.45) is 4.70. The monoisotopic (exact) mass is 168 g/mol. The highest BCUT2D eigenvalue weighted by Crippen LogP contribution is 2.41. The second kappa shape index (κ2) is 2.91. The van der Waals surface area contributed by atoms with Crippen molar-refractivity contribution in [2.45, 2.75) is 25.3 Å². The fourth-order valence-corrected chi connectivity index (χ4v) is 2.20. The molecule has 0 radical (unpaired) electrons. The van der Waals surface area contributed by atoms with Crippen LogP contribution in [0.4, 0.5) is 0 Å². The maximum Gasteiger partial charge on any atom is 0.0959 e. The lowest BCUT2D eigenvalue weighted by atomic mass is 10.5. The summed E-state index contributed by atoms with van der Waals surface area (Å²) in [6.45, 7) is 0.963. The minimum Gasteiger partial charge on any atom is -0.315 e. The number of hydrogen-bond acceptors (Lipinski definition) is 3. The fourth-order valence-electron chi connectivity index (χ4n) is 1.10. The number of aromatic nitrogens is 1. The van der Waals surface area contributed by atoms with Gasteiger partial charge in [0.05, 0.1) is 5.01 Å². The molecule has 0 saturated heterocycles. The van der Waals surface area contributed by atoms with Gasteiger partial charge in [-0.05, 0) is 19.9 Å². The molecular weight excluding hydrogens is 156 g/mol. The summed E-state index contributed by atoms with van der Waals surface area (Å²) in [5.41, 5.74) is 0. The van der Waals surface area contributed by atoms with Gasteiger partial charge in [0.2, 0.25) is 0 Å². The Balaban J connectivity index is 2.06. The van der Waals surface area contributed by atoms with Gasteiger partial charge in [-0.25, -0.2) is 4.98 Å². The van der Waals surface area contributed by atoms with Gasteiger partial charge in [-0.15, -0.1) is 11.3 Å². The Bertz CT molecular complexity index is 240. The van der Waals surface area contributed by atoms with E-state index in [1.165, 1.54) is 22.7 Å². The molecule has 0 spiro atoms. The molecule has 0 unspecified atom stereocenters. The Hall–Kier alpha value is -0.410. The summed E-state index contributed by atoms with van der Waals surface area (Å²) < 4.78 is 0. The van der Waals surface area contributed by atoms with E-state index in [0.29, 0.717) is 0 Å². The summed E-state index contributed by atoms with van der Waals surface area (Å²) in [7, 11) is 1.97. The van der Waals surface area contributed by atoms with Crippen LogP contribution < -0.4 is 5.32 Å². The second-order valence-electron chi connectivity index (χ2n) is 2.97. The van der Waals surface area contributed by atoms with E-state index in [9.17, 15) is 0 Å². The molecule has 0 atom stereocenters. The second-order valence-corrected chi connectivity index (χ2v) is 4.12. The van der Waals surface area contributed by atoms with E-state index < -0.39 is 0 Å². The molecule has 0 bridgehead atoms. The van der Waals surface area contributed by atoms with Gasteiger partial charge >= 0.3 is 0 Å². The molecule has 0 aromatic carbocycles. The van der Waals surface area contributed by atoms with Crippen LogP contribution in [0.15, 0.2) is 6.20 Å². The van der Waals surface area contributed by atoms with Crippen molar-refractivity contribution in [2.24, 2.45) is 0 Å². The van der Waals surface area contributed by atoms with Crippen LogP contribution in [0.3, 0.4) is 0 Å². The van der Waals surface area contributed by atoms with Gasteiger partial charge in [-0.3, -0.25) is 0 Å². The molecule has 1 N–H and O–H groups in total. The molecule has 11 heavy (non-hydrogen) atoms. The maximum absolute atomic E-state index is 4.38. The molecule has 1 heterocycles. The van der Waals surface area contributed by atoms with Crippen LogP contribution in [0.5, 0.6) is 0 Å². The van der Waals surface area contributed by atoms with Crippen molar-refractivity contribution >= 4 is 11.3 Å². The maximum atomic E-state index is 4.38. The van der Waals surface area contributed by atoms with Crippen LogP contribution in [0, 0.1) is 0 Å². The third-order valence-electron chi connectivity index (χ3n) is 1.85. The first-order valence-corrected chi connectivity index (χ1v) is 4.81. The Morgan fingerprint density at radius 3 is 3.18 bits per heavy atom. The first-order chi connectivity index (χ1) is 5.40. The first-order valence-electron chi connectivity index (χ1n) is 3.99. The van der Waals surface area contributed by atoms with E-state index in [1.807, 2.05) is 24.6 Å². The average Bonchev–Trinajstić information content (AvgIpc) is 2.75. The lowest BCUT2D eigenvalue weighted by Crippen LogP contribution is -2.02. The number of nitrogens with zero attached hydrogens (tertiary/aromatic N) is 1. The van der Waals surface area contributed by atoms with E-state index >= 15 is 0 Å². The highest BCUT2D eigenvalue weighted by atomic mass is 32.1. The van der Waals surface area contributed by atoms with Crippen molar-refractivity contribution in [2.75, 3.05) is 7.05 Å². The van der Waals surface area contributed by atoms with Crippen LogP contribution in [0.1, 0.15) is 28.6 Å². The van der Waals surface area contributed by atoms with E-state index in [1.54, 1.807) is 0 Å². The van der Waals surface area contributed by atoms with Gasteiger partial charge in [0, 0.05) is 23.5 Å². The van der Waals surface area contributed by atoms with Crippen molar-refractivity contribution in [3.63, 3.8) is 0 Å². The van der Waals surface area contributed by atoms with Gasteiger partial charge in [-0.2, -0.15) is 0 Å². The predicted octanol–water partition coefficient (Wildman–Crippen LogP) is 1.74. The summed E-state index contributed by atoms with van der Waals surface area (Å²) in [6, 6.07) is 0. The Morgan fingerprint density at radius 2 is 2.55 bits per heavy atom. The fraction of sp³-hybridized carbons (Fsp3) is 0.625. The molecule has 1 saturated carbocycles. The Morgan fingerprint density at radius 1 is 1.73 bits per heavy atom. The van der Waals surface area contributed by atoms with Crippen molar-refractivity contribution in [1.29, 1.82) is 0 Å². The number of hydrogen-bond donors (Lipinski definition) is 1. The summed E-state index contributed by atoms with van der Waals surface area (Å²) in [5, 5.41) is 4.47. The van der Waals surface area contributed by atoms with Crippen LogP contribution in [0.2, 0.25) is 0 Å². The van der Waals surface area contributed by atoms with E-state index in [0.717, 1.165) is 12.5 Å². The number of thiazole rings is 1. The molecule has 2 rings (SSSR count). The first kappa shape index (κ1) is 7.25. The van der Waals surface area contributed by atoms with Crippen molar-refractivity contribution in [1.82, 2.24) is 10.3 Å². The van der Waals surface area contributed by atoms with Crippen molar-refractivity contribution in [3.8, 4) is 0 Å². The number of rotatable bonds is 3. The Kier molecular flexibility index (Phi) is 1.92. The highest BCUT2D eigenvalue weighted by Gasteiger charge is 2.26. The van der Waals surface area contributed by atoms with E-state index in [2.05, 4.69) is 10.3 Å². The topological polar surface area (TPSA) is 24.9 Å². The molecule has 3 heteroatoms. The van der Waals surface area contributed by atoms with E-state index in [-0.39, 0.29) is 0 Å². The van der Waals surface area contributed by atoms with Crippen molar-refractivity contribution < 1.29 is 0 Å². The Labute approximate surface area is 70.7 Å². The molecular formula is C8H12N2S. The van der Waals surface area contributed by atoms with Gasteiger partial charge in [0.15, 0.2) is 0 Å². The zero-order valence-electron chi connectivity index (χ0n) is 6.63. The minimum atomic E-state index is 0.811. The van der Waals surface area contributed by atoms with Gasteiger partial charge < -0.3 is 5.32 Å². The highest BCUT2D eigenvalue weighted by molar-refractivity contribution is 7.11. The van der Waals surface area contributed by atoms with E-state index in [4.69, 9.17) is 0 Å². The smallest absolute Gasteiger partial charge is 0.0959 e. The summed E-state index contributed by atoms with van der Waals surface area (Å²) >= 11 is 1.85. The molecule has 1 aliphatic rings. The molecule has 60 valence electrons. The lowest BCUT2D eigenvalue weighted by molar-refractivity contribution is 0.829. The van der Waals surface area contributed by atoms with Crippen LogP contribution in [-0.2, 0) is 6.54 Å². The largest absolute Gasteiger partial charge is 0.315 e. The lowest BCUT2D eigenvalue weighted by Gasteiger charge is -1.89. The van der Waals surface area contributed by atoms with Crippen LogP contribution in [-0.4, -0.2) is 12.0 Å². The summed E-state index contributed by atoms with van der Waals surface area (Å²) in [4.78, 5) is 5.73. The molecule has 1 aromatic heterocycles. The van der Waals surface area contributed by atoms with Crippen LogP contribution in [0.25, 0.3) is 0 Å². The molecule has 0 amide bonds. The summed E-state index contributed by atoms with van der Waals surface area (Å²) in [5.74, 6) is 0.811. The SMILES string of the molecule is CNCc1cnc(C2CC2)s1. The molecule has 1 aromatic rings. The third-order valence-corrected chi connectivity index (χ3v) is 3.01. The number of nitrogens with one attached hydrogen (secondary N) is 1.